The highest BCUT2D eigenvalue weighted by molar-refractivity contribution is 5.98. The van der Waals surface area contributed by atoms with Crippen molar-refractivity contribution in [3.63, 3.8) is 0 Å². The molecule has 4 heteroatoms. The number of nitrogens with zero attached hydrogens (tertiary/aromatic N) is 1. The second kappa shape index (κ2) is 8.50. The first-order valence-electron chi connectivity index (χ1n) is 10.7. The zero-order chi connectivity index (χ0) is 20.3. The maximum absolute atomic E-state index is 13.1. The molecular formula is C25H29NO3. The molecule has 4 rings (SSSR count). The first-order valence-corrected chi connectivity index (χ1v) is 10.7. The molecule has 2 aliphatic rings. The summed E-state index contributed by atoms with van der Waals surface area (Å²) in [5.74, 6) is 0.297. The smallest absolute Gasteiger partial charge is 0.254 e. The number of rotatable bonds is 5. The Hall–Kier alpha value is -2.46. The normalized spacial score (nSPS) is 21.1. The minimum atomic E-state index is -0.600. The van der Waals surface area contributed by atoms with E-state index in [2.05, 4.69) is 12.1 Å². The Morgan fingerprint density at radius 3 is 2.21 bits per heavy atom. The Bertz CT molecular complexity index is 850. The molecule has 29 heavy (non-hydrogen) atoms. The minimum Gasteiger partial charge on any atom is -0.368 e. The molecule has 0 N–H and O–H groups in total. The van der Waals surface area contributed by atoms with Gasteiger partial charge in [-0.15, -0.1) is 0 Å². The van der Waals surface area contributed by atoms with Crippen LogP contribution in [0, 0.1) is 5.92 Å². The molecule has 1 amide bonds. The maximum Gasteiger partial charge on any atom is 0.254 e. The van der Waals surface area contributed by atoms with Gasteiger partial charge in [-0.3, -0.25) is 9.59 Å². The molecule has 1 aliphatic heterocycles. The molecule has 0 bridgehead atoms. The van der Waals surface area contributed by atoms with E-state index in [4.69, 9.17) is 4.74 Å². The molecule has 1 saturated carbocycles. The van der Waals surface area contributed by atoms with E-state index in [1.54, 1.807) is 7.11 Å². The third kappa shape index (κ3) is 3.99. The van der Waals surface area contributed by atoms with Crippen molar-refractivity contribution in [2.45, 2.75) is 44.1 Å². The van der Waals surface area contributed by atoms with Crippen LogP contribution in [0.15, 0.2) is 54.6 Å². The Morgan fingerprint density at radius 1 is 0.897 bits per heavy atom. The van der Waals surface area contributed by atoms with Gasteiger partial charge in [-0.05, 0) is 49.7 Å². The molecule has 2 aromatic rings. The lowest BCUT2D eigenvalue weighted by atomic mass is 9.78. The zero-order valence-electron chi connectivity index (χ0n) is 17.1. The van der Waals surface area contributed by atoms with Crippen LogP contribution in [-0.4, -0.2) is 42.4 Å². The number of methoxy groups -OCH3 is 1. The summed E-state index contributed by atoms with van der Waals surface area (Å²) in [4.78, 5) is 27.9. The lowest BCUT2D eigenvalue weighted by Gasteiger charge is -2.42. The number of amides is 1. The third-order valence-corrected chi connectivity index (χ3v) is 6.60. The van der Waals surface area contributed by atoms with Gasteiger partial charge in [0.05, 0.1) is 0 Å². The number of hydrogen-bond donors (Lipinski definition) is 0. The number of hydrogen-bond acceptors (Lipinski definition) is 3. The summed E-state index contributed by atoms with van der Waals surface area (Å²) in [6.07, 6.45) is 5.11. The Balaban J connectivity index is 1.40. The summed E-state index contributed by atoms with van der Waals surface area (Å²) in [7, 11) is 1.64. The highest BCUT2D eigenvalue weighted by atomic mass is 16.5. The predicted molar refractivity (Wildman–Crippen MR) is 114 cm³/mol. The van der Waals surface area contributed by atoms with Crippen molar-refractivity contribution in [2.75, 3.05) is 20.2 Å². The first-order chi connectivity index (χ1) is 14.1. The minimum absolute atomic E-state index is 0.0183. The van der Waals surface area contributed by atoms with Crippen molar-refractivity contribution in [1.29, 1.82) is 0 Å². The van der Waals surface area contributed by atoms with Crippen LogP contribution in [0.4, 0.5) is 0 Å². The van der Waals surface area contributed by atoms with Crippen molar-refractivity contribution in [3.8, 4) is 11.1 Å². The molecule has 0 radical (unpaired) electrons. The number of ether oxygens (including phenoxy) is 1. The Morgan fingerprint density at radius 2 is 1.59 bits per heavy atom. The van der Waals surface area contributed by atoms with Crippen LogP contribution in [0.2, 0.25) is 0 Å². The first kappa shape index (κ1) is 19.8. The SMILES string of the molecule is COC1(C(=O)N2CCCC(C(=O)c3ccc(-c4ccccc4)cc3)CC2)CCC1. The van der Waals surface area contributed by atoms with Gasteiger partial charge in [0.15, 0.2) is 5.78 Å². The molecular weight excluding hydrogens is 362 g/mol. The average molecular weight is 392 g/mol. The van der Waals surface area contributed by atoms with Gasteiger partial charge in [0, 0.05) is 31.7 Å². The lowest BCUT2D eigenvalue weighted by molar-refractivity contribution is -0.165. The molecule has 2 fully saturated rings. The fourth-order valence-corrected chi connectivity index (χ4v) is 4.55. The summed E-state index contributed by atoms with van der Waals surface area (Å²) < 4.78 is 5.56. The summed E-state index contributed by atoms with van der Waals surface area (Å²) in [5, 5.41) is 0. The molecule has 1 atom stereocenters. The standard InChI is InChI=1S/C25H29NO3/c1-29-25(15-6-16-25)24(28)26-17-5-9-21(14-18-26)23(27)22-12-10-20(11-13-22)19-7-3-2-4-8-19/h2-4,7-8,10-13,21H,5-6,9,14-18H2,1H3. The van der Waals surface area contributed by atoms with E-state index >= 15 is 0 Å². The number of carbonyl (C=O) groups is 2. The van der Waals surface area contributed by atoms with Crippen molar-refractivity contribution in [3.05, 3.63) is 60.2 Å². The number of carbonyl (C=O) groups excluding carboxylic acids is 2. The summed E-state index contributed by atoms with van der Waals surface area (Å²) >= 11 is 0. The number of ketones is 1. The number of benzene rings is 2. The molecule has 1 heterocycles. The molecule has 152 valence electrons. The van der Waals surface area contributed by atoms with Gasteiger partial charge in [-0.25, -0.2) is 0 Å². The van der Waals surface area contributed by atoms with E-state index in [1.165, 1.54) is 0 Å². The fourth-order valence-electron chi connectivity index (χ4n) is 4.55. The van der Waals surface area contributed by atoms with E-state index in [-0.39, 0.29) is 17.6 Å². The number of Topliss-reactive ketones (excluding diaryl/α,β-unsaturated/α-hetero) is 1. The van der Waals surface area contributed by atoms with Gasteiger partial charge in [-0.1, -0.05) is 54.6 Å². The largest absolute Gasteiger partial charge is 0.368 e. The van der Waals surface area contributed by atoms with Crippen LogP contribution in [0.25, 0.3) is 11.1 Å². The quantitative estimate of drug-likeness (QED) is 0.692. The van der Waals surface area contributed by atoms with Gasteiger partial charge in [0.2, 0.25) is 0 Å². The topological polar surface area (TPSA) is 46.6 Å². The second-order valence-corrected chi connectivity index (χ2v) is 8.28. The summed E-state index contributed by atoms with van der Waals surface area (Å²) in [6, 6.07) is 18.1. The molecule has 2 aromatic carbocycles. The van der Waals surface area contributed by atoms with Gasteiger partial charge in [0.1, 0.15) is 5.60 Å². The third-order valence-electron chi connectivity index (χ3n) is 6.60. The van der Waals surface area contributed by atoms with Gasteiger partial charge in [-0.2, -0.15) is 0 Å². The van der Waals surface area contributed by atoms with E-state index in [9.17, 15) is 9.59 Å². The molecule has 0 aromatic heterocycles. The predicted octanol–water partition coefficient (Wildman–Crippen LogP) is 4.73. The second-order valence-electron chi connectivity index (χ2n) is 8.28. The van der Waals surface area contributed by atoms with Crippen molar-refractivity contribution < 1.29 is 14.3 Å². The average Bonchev–Trinajstić information content (AvgIpc) is 3.00. The highest BCUT2D eigenvalue weighted by Gasteiger charge is 2.47. The Labute approximate surface area is 172 Å². The number of likely N-dealkylation sites (tertiary alicyclic amines) is 1. The van der Waals surface area contributed by atoms with Crippen LogP contribution < -0.4 is 0 Å². The van der Waals surface area contributed by atoms with Crippen molar-refractivity contribution in [2.24, 2.45) is 5.92 Å². The zero-order valence-corrected chi connectivity index (χ0v) is 17.1. The van der Waals surface area contributed by atoms with Gasteiger partial charge >= 0.3 is 0 Å². The Kier molecular flexibility index (Phi) is 5.81. The van der Waals surface area contributed by atoms with Crippen LogP contribution in [-0.2, 0) is 9.53 Å². The summed E-state index contributed by atoms with van der Waals surface area (Å²) in [6.45, 7) is 1.36. The fraction of sp³-hybridized carbons (Fsp3) is 0.440. The van der Waals surface area contributed by atoms with Gasteiger partial charge < -0.3 is 9.64 Å². The van der Waals surface area contributed by atoms with Crippen LogP contribution >= 0.6 is 0 Å². The van der Waals surface area contributed by atoms with Crippen molar-refractivity contribution in [1.82, 2.24) is 4.90 Å². The van der Waals surface area contributed by atoms with Crippen LogP contribution in [0.5, 0.6) is 0 Å². The maximum atomic E-state index is 13.1. The van der Waals surface area contributed by atoms with E-state index < -0.39 is 5.60 Å². The molecule has 4 nitrogen and oxygen atoms in total. The molecule has 1 saturated heterocycles. The highest BCUT2D eigenvalue weighted by Crippen LogP contribution is 2.37. The molecule has 0 spiro atoms. The van der Waals surface area contributed by atoms with Crippen LogP contribution in [0.1, 0.15) is 48.9 Å². The van der Waals surface area contributed by atoms with E-state index in [0.29, 0.717) is 6.54 Å². The van der Waals surface area contributed by atoms with Gasteiger partial charge in [0.25, 0.3) is 5.91 Å². The van der Waals surface area contributed by atoms with Crippen LogP contribution in [0.3, 0.4) is 0 Å². The molecule has 1 aliphatic carbocycles. The lowest BCUT2D eigenvalue weighted by Crippen LogP contribution is -2.54. The van der Waals surface area contributed by atoms with E-state index in [1.807, 2.05) is 47.4 Å². The monoisotopic (exact) mass is 391 g/mol. The van der Waals surface area contributed by atoms with E-state index in [0.717, 1.165) is 61.8 Å². The summed E-state index contributed by atoms with van der Waals surface area (Å²) in [5.41, 5.74) is 2.43. The van der Waals surface area contributed by atoms with Crippen molar-refractivity contribution >= 4 is 11.7 Å². The molecule has 1 unspecified atom stereocenters.